The molecule has 1 aliphatic heterocycles. The molecule has 1 amide bonds. The number of ketones is 2. The van der Waals surface area contributed by atoms with Crippen LogP contribution in [-0.4, -0.2) is 23.7 Å². The lowest BCUT2D eigenvalue weighted by Crippen LogP contribution is -2.10. The zero-order valence-corrected chi connectivity index (χ0v) is 12.9. The van der Waals surface area contributed by atoms with Crippen LogP contribution in [-0.2, 0) is 14.4 Å². The quantitative estimate of drug-likeness (QED) is 0.408. The van der Waals surface area contributed by atoms with Crippen LogP contribution in [0.1, 0.15) is 71.1 Å². The van der Waals surface area contributed by atoms with Crippen molar-refractivity contribution in [3.63, 3.8) is 0 Å². The van der Waals surface area contributed by atoms with E-state index in [1.165, 1.54) is 38.3 Å². The molecule has 4 heteroatoms. The van der Waals surface area contributed by atoms with Gasteiger partial charge in [0.2, 0.25) is 0 Å². The van der Waals surface area contributed by atoms with Crippen molar-refractivity contribution in [2.24, 2.45) is 4.99 Å². The molecule has 4 nitrogen and oxygen atoms in total. The van der Waals surface area contributed by atoms with E-state index in [1.807, 2.05) is 0 Å². The topological polar surface area (TPSA) is 63.6 Å². The molecule has 0 aliphatic carbocycles. The molecule has 0 radical (unpaired) electrons. The molecule has 0 aromatic carbocycles. The van der Waals surface area contributed by atoms with E-state index < -0.39 is 0 Å². The fraction of sp³-hybridized carbons (Fsp3) is 0.647. The van der Waals surface area contributed by atoms with Crippen molar-refractivity contribution >= 4 is 23.7 Å². The second-order valence-corrected chi connectivity index (χ2v) is 5.58. The van der Waals surface area contributed by atoms with Gasteiger partial charge in [0, 0.05) is 24.6 Å². The Hall–Kier alpha value is -1.58. The number of unbranched alkanes of at least 4 members (excludes halogenated alkanes) is 6. The van der Waals surface area contributed by atoms with Crippen LogP contribution in [0, 0.1) is 0 Å². The van der Waals surface area contributed by atoms with Gasteiger partial charge in [0.15, 0.2) is 0 Å². The first-order valence-electron chi connectivity index (χ1n) is 7.94. The molecule has 116 valence electrons. The van der Waals surface area contributed by atoms with Gasteiger partial charge in [-0.3, -0.25) is 14.4 Å². The van der Waals surface area contributed by atoms with Crippen LogP contribution in [0.2, 0.25) is 0 Å². The summed E-state index contributed by atoms with van der Waals surface area (Å²) >= 11 is 0. The average molecular weight is 291 g/mol. The molecule has 0 saturated heterocycles. The number of carbonyl (C=O) groups is 3. The van der Waals surface area contributed by atoms with Crippen LogP contribution in [0.4, 0.5) is 0 Å². The fourth-order valence-electron chi connectivity index (χ4n) is 2.35. The second kappa shape index (κ2) is 10.2. The summed E-state index contributed by atoms with van der Waals surface area (Å²) in [6, 6.07) is 0. The number of hydrogen-bond donors (Lipinski definition) is 0. The average Bonchev–Trinajstić information content (AvgIpc) is 2.83. The molecule has 0 unspecified atom stereocenters. The highest BCUT2D eigenvalue weighted by molar-refractivity contribution is 6.12. The molecule has 1 heterocycles. The van der Waals surface area contributed by atoms with Gasteiger partial charge in [-0.25, -0.2) is 4.99 Å². The lowest BCUT2D eigenvalue weighted by Gasteiger charge is -2.02. The highest BCUT2D eigenvalue weighted by atomic mass is 16.2. The summed E-state index contributed by atoms with van der Waals surface area (Å²) in [7, 11) is 0. The van der Waals surface area contributed by atoms with Gasteiger partial charge in [-0.1, -0.05) is 45.4 Å². The monoisotopic (exact) mass is 291 g/mol. The summed E-state index contributed by atoms with van der Waals surface area (Å²) in [5, 5.41) is 0. The first-order chi connectivity index (χ1) is 10.1. The van der Waals surface area contributed by atoms with Crippen molar-refractivity contribution in [1.82, 2.24) is 0 Å². The van der Waals surface area contributed by atoms with Crippen LogP contribution >= 0.6 is 0 Å². The standard InChI is InChI=1S/C17H25NO3/c1-2-3-4-5-6-7-8-9-15(19)13-16(20)12-14-10-11-18-17(14)21/h10-11H,2-9,12-13H2,1H3. The highest BCUT2D eigenvalue weighted by Crippen LogP contribution is 2.12. The fourth-order valence-corrected chi connectivity index (χ4v) is 2.35. The van der Waals surface area contributed by atoms with Crippen LogP contribution in [0.15, 0.2) is 16.6 Å². The molecule has 0 spiro atoms. The van der Waals surface area contributed by atoms with E-state index in [4.69, 9.17) is 0 Å². The third kappa shape index (κ3) is 7.69. The SMILES string of the molecule is CCCCCCCCCC(=O)CC(=O)CC1=CC=NC1=O. The smallest absolute Gasteiger partial charge is 0.273 e. The Morgan fingerprint density at radius 3 is 2.29 bits per heavy atom. The first-order valence-corrected chi connectivity index (χ1v) is 7.94. The Kier molecular flexibility index (Phi) is 8.48. The van der Waals surface area contributed by atoms with E-state index in [9.17, 15) is 14.4 Å². The predicted molar refractivity (Wildman–Crippen MR) is 83.4 cm³/mol. The molecule has 0 bridgehead atoms. The van der Waals surface area contributed by atoms with Gasteiger partial charge in [0.25, 0.3) is 5.91 Å². The van der Waals surface area contributed by atoms with E-state index in [2.05, 4.69) is 11.9 Å². The van der Waals surface area contributed by atoms with Gasteiger partial charge in [0.1, 0.15) is 11.6 Å². The van der Waals surface area contributed by atoms with Crippen molar-refractivity contribution < 1.29 is 14.4 Å². The van der Waals surface area contributed by atoms with Gasteiger partial charge in [-0.05, 0) is 12.5 Å². The van der Waals surface area contributed by atoms with E-state index in [1.54, 1.807) is 6.08 Å². The minimum absolute atomic E-state index is 0.0134. The third-order valence-corrected chi connectivity index (χ3v) is 3.58. The number of carbonyl (C=O) groups excluding carboxylic acids is 3. The molecular weight excluding hydrogens is 266 g/mol. The predicted octanol–water partition coefficient (Wildman–Crippen LogP) is 3.58. The van der Waals surface area contributed by atoms with Gasteiger partial charge in [-0.15, -0.1) is 0 Å². The molecule has 21 heavy (non-hydrogen) atoms. The number of Topliss-reactive ketones (excluding diaryl/α,β-unsaturated/α-hetero) is 2. The van der Waals surface area contributed by atoms with E-state index in [0.29, 0.717) is 12.0 Å². The minimum atomic E-state index is -0.358. The number of allylic oxidation sites excluding steroid dienone is 1. The summed E-state index contributed by atoms with van der Waals surface area (Å²) in [6.45, 7) is 2.19. The van der Waals surface area contributed by atoms with Gasteiger partial charge in [-0.2, -0.15) is 0 Å². The van der Waals surface area contributed by atoms with E-state index in [-0.39, 0.29) is 30.3 Å². The Morgan fingerprint density at radius 1 is 1.00 bits per heavy atom. The summed E-state index contributed by atoms with van der Waals surface area (Å²) in [5.74, 6) is -0.559. The molecule has 0 N–H and O–H groups in total. The van der Waals surface area contributed by atoms with Crippen molar-refractivity contribution in [2.75, 3.05) is 0 Å². The lowest BCUT2D eigenvalue weighted by atomic mass is 10.0. The molecule has 0 aromatic rings. The Balaban J connectivity index is 2.05. The normalized spacial score (nSPS) is 13.6. The molecule has 1 rings (SSSR count). The summed E-state index contributed by atoms with van der Waals surface area (Å²) in [6.07, 6.45) is 11.5. The number of hydrogen-bond acceptors (Lipinski definition) is 3. The maximum Gasteiger partial charge on any atom is 0.273 e. The van der Waals surface area contributed by atoms with Crippen molar-refractivity contribution in [2.45, 2.75) is 71.1 Å². The Bertz CT molecular complexity index is 435. The van der Waals surface area contributed by atoms with E-state index in [0.717, 1.165) is 12.8 Å². The molecule has 0 aromatic heterocycles. The van der Waals surface area contributed by atoms with Crippen LogP contribution < -0.4 is 0 Å². The van der Waals surface area contributed by atoms with Crippen LogP contribution in [0.5, 0.6) is 0 Å². The second-order valence-electron chi connectivity index (χ2n) is 5.58. The Morgan fingerprint density at radius 2 is 1.67 bits per heavy atom. The summed E-state index contributed by atoms with van der Waals surface area (Å²) in [5.41, 5.74) is 0.392. The number of nitrogens with zero attached hydrogens (tertiary/aromatic N) is 1. The van der Waals surface area contributed by atoms with Crippen molar-refractivity contribution in [3.05, 3.63) is 11.6 Å². The van der Waals surface area contributed by atoms with Gasteiger partial charge >= 0.3 is 0 Å². The van der Waals surface area contributed by atoms with Crippen LogP contribution in [0.25, 0.3) is 0 Å². The van der Waals surface area contributed by atoms with Crippen molar-refractivity contribution in [1.29, 1.82) is 0 Å². The van der Waals surface area contributed by atoms with Crippen molar-refractivity contribution in [3.8, 4) is 0 Å². The molecule has 1 aliphatic rings. The maximum atomic E-state index is 11.7. The number of rotatable bonds is 12. The number of aliphatic imine (C=N–C) groups is 1. The van der Waals surface area contributed by atoms with E-state index >= 15 is 0 Å². The first kappa shape index (κ1) is 17.5. The minimum Gasteiger partial charge on any atom is -0.299 e. The molecule has 0 atom stereocenters. The zero-order chi connectivity index (χ0) is 15.5. The number of amides is 1. The largest absolute Gasteiger partial charge is 0.299 e. The van der Waals surface area contributed by atoms with Gasteiger partial charge in [0.05, 0.1) is 6.42 Å². The summed E-state index contributed by atoms with van der Waals surface area (Å²) < 4.78 is 0. The zero-order valence-electron chi connectivity index (χ0n) is 12.9. The highest BCUT2D eigenvalue weighted by Gasteiger charge is 2.17. The maximum absolute atomic E-state index is 11.7. The lowest BCUT2D eigenvalue weighted by molar-refractivity contribution is -0.127. The third-order valence-electron chi connectivity index (χ3n) is 3.58. The summed E-state index contributed by atoms with van der Waals surface area (Å²) in [4.78, 5) is 38.1. The molecular formula is C17H25NO3. The molecule has 0 saturated carbocycles. The van der Waals surface area contributed by atoms with Gasteiger partial charge < -0.3 is 0 Å². The molecule has 0 fully saturated rings. The van der Waals surface area contributed by atoms with Crippen LogP contribution in [0.3, 0.4) is 0 Å². The Labute approximate surface area is 126 Å².